The summed E-state index contributed by atoms with van der Waals surface area (Å²) in [5.74, 6) is -0.250. The molecule has 0 spiro atoms. The topological polar surface area (TPSA) is 63.2 Å². The van der Waals surface area contributed by atoms with E-state index in [1.54, 1.807) is 43.3 Å². The van der Waals surface area contributed by atoms with Crippen LogP contribution in [-0.4, -0.2) is 20.0 Å². The van der Waals surface area contributed by atoms with E-state index < -0.39 is 10.0 Å². The monoisotopic (exact) mass is 345 g/mol. The fraction of sp³-hybridized carbons (Fsp3) is 0.316. The fourth-order valence-corrected chi connectivity index (χ4v) is 2.94. The van der Waals surface area contributed by atoms with Crippen LogP contribution in [0.25, 0.3) is 0 Å². The van der Waals surface area contributed by atoms with Crippen molar-refractivity contribution in [3.05, 3.63) is 65.2 Å². The summed E-state index contributed by atoms with van der Waals surface area (Å²) in [6.45, 7) is 7.88. The average Bonchev–Trinajstić information content (AvgIpc) is 2.54. The van der Waals surface area contributed by atoms with Gasteiger partial charge in [0.25, 0.3) is 0 Å². The van der Waals surface area contributed by atoms with Gasteiger partial charge in [0.15, 0.2) is 5.78 Å². The maximum absolute atomic E-state index is 12.8. The van der Waals surface area contributed by atoms with Crippen LogP contribution in [-0.2, 0) is 15.4 Å². The molecule has 128 valence electrons. The third-order valence-corrected chi connectivity index (χ3v) is 5.12. The van der Waals surface area contributed by atoms with Crippen molar-refractivity contribution < 1.29 is 13.2 Å². The molecule has 0 aliphatic heterocycles. The van der Waals surface area contributed by atoms with E-state index in [1.165, 1.54) is 0 Å². The Bertz CT molecular complexity index is 832. The van der Waals surface area contributed by atoms with Crippen LogP contribution < -0.4 is 4.72 Å². The lowest BCUT2D eigenvalue weighted by atomic mass is 9.86. The van der Waals surface area contributed by atoms with Gasteiger partial charge >= 0.3 is 0 Å². The molecule has 0 bridgehead atoms. The molecule has 0 heterocycles. The Morgan fingerprint density at radius 2 is 1.58 bits per heavy atom. The van der Waals surface area contributed by atoms with E-state index in [1.807, 2.05) is 12.1 Å². The van der Waals surface area contributed by atoms with Gasteiger partial charge in [0.05, 0.1) is 11.4 Å². The second kappa shape index (κ2) is 6.77. The van der Waals surface area contributed by atoms with E-state index in [4.69, 9.17) is 0 Å². The van der Waals surface area contributed by atoms with Crippen LogP contribution in [0.15, 0.2) is 48.5 Å². The largest absolute Gasteiger partial charge is 0.289 e. The summed E-state index contributed by atoms with van der Waals surface area (Å²) >= 11 is 0. The van der Waals surface area contributed by atoms with Gasteiger partial charge in [-0.2, -0.15) is 0 Å². The summed E-state index contributed by atoms with van der Waals surface area (Å²) in [7, 11) is -3.44. The number of rotatable bonds is 5. The first-order chi connectivity index (χ1) is 11.1. The lowest BCUT2D eigenvalue weighted by Gasteiger charge is -2.19. The Kier molecular flexibility index (Phi) is 5.13. The minimum absolute atomic E-state index is 0.0102. The molecule has 0 aliphatic carbocycles. The maximum atomic E-state index is 12.8. The highest BCUT2D eigenvalue weighted by Gasteiger charge is 2.18. The van der Waals surface area contributed by atoms with Crippen LogP contribution in [0.1, 0.15) is 49.2 Å². The number of nitrogens with one attached hydrogen (secondary N) is 1. The number of hydrogen-bond acceptors (Lipinski definition) is 3. The molecule has 0 saturated heterocycles. The Labute approximate surface area is 144 Å². The summed E-state index contributed by atoms with van der Waals surface area (Å²) in [6, 6.07) is 14.1. The molecule has 2 aromatic rings. The first-order valence-corrected chi connectivity index (χ1v) is 9.54. The van der Waals surface area contributed by atoms with Crippen molar-refractivity contribution in [3.8, 4) is 0 Å². The van der Waals surface area contributed by atoms with E-state index in [-0.39, 0.29) is 17.0 Å². The van der Waals surface area contributed by atoms with Crippen molar-refractivity contribution in [2.75, 3.05) is 10.5 Å². The van der Waals surface area contributed by atoms with Crippen LogP contribution >= 0.6 is 0 Å². The average molecular weight is 345 g/mol. The lowest BCUT2D eigenvalue weighted by molar-refractivity contribution is 0.103. The van der Waals surface area contributed by atoms with Gasteiger partial charge in [-0.15, -0.1) is 0 Å². The SMILES string of the molecule is CCS(=O)(=O)Nc1ccccc1C(=O)c1ccc(C(C)(C)C)cc1. The van der Waals surface area contributed by atoms with Crippen LogP contribution in [0.2, 0.25) is 0 Å². The molecule has 0 unspecified atom stereocenters. The normalized spacial score (nSPS) is 12.0. The molecule has 0 fully saturated rings. The zero-order valence-electron chi connectivity index (χ0n) is 14.5. The van der Waals surface area contributed by atoms with Gasteiger partial charge in [-0.3, -0.25) is 9.52 Å². The van der Waals surface area contributed by atoms with Crippen LogP contribution in [0, 0.1) is 0 Å². The molecule has 0 saturated carbocycles. The molecule has 0 radical (unpaired) electrons. The molecule has 5 heteroatoms. The van der Waals surface area contributed by atoms with Gasteiger partial charge in [0.2, 0.25) is 10.0 Å². The Morgan fingerprint density at radius 1 is 1.00 bits per heavy atom. The van der Waals surface area contributed by atoms with Crippen molar-refractivity contribution in [1.82, 2.24) is 0 Å². The smallest absolute Gasteiger partial charge is 0.232 e. The van der Waals surface area contributed by atoms with Gasteiger partial charge in [0.1, 0.15) is 0 Å². The molecule has 0 aromatic heterocycles. The first kappa shape index (κ1) is 18.2. The first-order valence-electron chi connectivity index (χ1n) is 7.89. The molecule has 0 aliphatic rings. The molecule has 4 nitrogen and oxygen atoms in total. The van der Waals surface area contributed by atoms with E-state index >= 15 is 0 Å². The predicted molar refractivity (Wildman–Crippen MR) is 98.1 cm³/mol. The zero-order chi connectivity index (χ0) is 18.0. The maximum Gasteiger partial charge on any atom is 0.232 e. The van der Waals surface area contributed by atoms with Crippen LogP contribution in [0.5, 0.6) is 0 Å². The third-order valence-electron chi connectivity index (χ3n) is 3.83. The molecule has 2 aromatic carbocycles. The zero-order valence-corrected chi connectivity index (χ0v) is 15.3. The number of carbonyl (C=O) groups excluding carboxylic acids is 1. The highest BCUT2D eigenvalue weighted by Crippen LogP contribution is 2.24. The molecular weight excluding hydrogens is 322 g/mol. The van der Waals surface area contributed by atoms with E-state index in [2.05, 4.69) is 25.5 Å². The van der Waals surface area contributed by atoms with Crippen LogP contribution in [0.4, 0.5) is 5.69 Å². The second-order valence-electron chi connectivity index (χ2n) is 6.71. The molecule has 24 heavy (non-hydrogen) atoms. The van der Waals surface area contributed by atoms with Crippen molar-refractivity contribution in [2.45, 2.75) is 33.1 Å². The molecule has 1 N–H and O–H groups in total. The number of carbonyl (C=O) groups is 1. The summed E-state index contributed by atoms with van der Waals surface area (Å²) in [6.07, 6.45) is 0. The number of hydrogen-bond donors (Lipinski definition) is 1. The minimum atomic E-state index is -3.44. The van der Waals surface area contributed by atoms with Gasteiger partial charge in [0, 0.05) is 11.1 Å². The highest BCUT2D eigenvalue weighted by atomic mass is 32.2. The summed E-state index contributed by atoms with van der Waals surface area (Å²) in [4.78, 5) is 12.8. The number of ketones is 1. The summed E-state index contributed by atoms with van der Waals surface area (Å²) in [5.41, 5.74) is 2.34. The quantitative estimate of drug-likeness (QED) is 0.834. The summed E-state index contributed by atoms with van der Waals surface area (Å²) in [5, 5.41) is 0. The molecular formula is C19H23NO3S. The van der Waals surface area contributed by atoms with Crippen molar-refractivity contribution in [2.24, 2.45) is 0 Å². The van der Waals surface area contributed by atoms with E-state index in [0.29, 0.717) is 16.8 Å². The van der Waals surface area contributed by atoms with Gasteiger partial charge < -0.3 is 0 Å². The second-order valence-corrected chi connectivity index (χ2v) is 8.72. The van der Waals surface area contributed by atoms with E-state index in [0.717, 1.165) is 5.56 Å². The molecule has 0 atom stereocenters. The molecule has 0 amide bonds. The number of para-hydroxylation sites is 1. The Balaban J connectivity index is 2.37. The van der Waals surface area contributed by atoms with Crippen LogP contribution in [0.3, 0.4) is 0 Å². The minimum Gasteiger partial charge on any atom is -0.289 e. The van der Waals surface area contributed by atoms with Crippen molar-refractivity contribution in [3.63, 3.8) is 0 Å². The van der Waals surface area contributed by atoms with Crippen molar-refractivity contribution in [1.29, 1.82) is 0 Å². The lowest BCUT2D eigenvalue weighted by Crippen LogP contribution is -2.17. The highest BCUT2D eigenvalue weighted by molar-refractivity contribution is 7.92. The fourth-order valence-electron chi connectivity index (χ4n) is 2.29. The van der Waals surface area contributed by atoms with Gasteiger partial charge in [-0.05, 0) is 30.0 Å². The summed E-state index contributed by atoms with van der Waals surface area (Å²) < 4.78 is 26.1. The Morgan fingerprint density at radius 3 is 2.12 bits per heavy atom. The van der Waals surface area contributed by atoms with E-state index in [9.17, 15) is 13.2 Å². The van der Waals surface area contributed by atoms with Gasteiger partial charge in [-0.25, -0.2) is 8.42 Å². The predicted octanol–water partition coefficient (Wildman–Crippen LogP) is 3.98. The number of sulfonamides is 1. The Hall–Kier alpha value is -2.14. The van der Waals surface area contributed by atoms with Crippen molar-refractivity contribution >= 4 is 21.5 Å². The standard InChI is InChI=1S/C19H23NO3S/c1-5-24(22,23)20-17-9-7-6-8-16(17)18(21)14-10-12-15(13-11-14)19(2,3)4/h6-13,20H,5H2,1-4H3. The molecule has 2 rings (SSSR count). The van der Waals surface area contributed by atoms with Gasteiger partial charge in [-0.1, -0.05) is 57.2 Å². The third kappa shape index (κ3) is 4.23. The number of anilines is 1. The number of benzene rings is 2.